The molecule has 1 N–H and O–H groups in total. The zero-order valence-corrected chi connectivity index (χ0v) is 26.2. The molecule has 3 aromatic carbocycles. The lowest BCUT2D eigenvalue weighted by molar-refractivity contribution is -0.139. The second-order valence-electron chi connectivity index (χ2n) is 11.7. The van der Waals surface area contributed by atoms with Crippen LogP contribution in [-0.4, -0.2) is 43.8 Å². The summed E-state index contributed by atoms with van der Waals surface area (Å²) in [6.07, 6.45) is 5.18. The Morgan fingerprint density at radius 2 is 1.36 bits per heavy atom. The van der Waals surface area contributed by atoms with Gasteiger partial charge in [-0.1, -0.05) is 72.9 Å². The van der Waals surface area contributed by atoms with E-state index in [0.29, 0.717) is 5.69 Å². The van der Waals surface area contributed by atoms with Crippen LogP contribution in [0.4, 0.5) is 5.69 Å². The molecule has 0 unspecified atom stereocenters. The van der Waals surface area contributed by atoms with E-state index >= 15 is 0 Å². The average molecular weight is 590 g/mol. The van der Waals surface area contributed by atoms with Crippen molar-refractivity contribution in [2.45, 2.75) is 90.2 Å². The third-order valence-electron chi connectivity index (χ3n) is 7.97. The predicted molar refractivity (Wildman–Crippen MR) is 168 cm³/mol. The molecule has 224 valence electrons. The van der Waals surface area contributed by atoms with Crippen molar-refractivity contribution in [1.29, 1.82) is 0 Å². The van der Waals surface area contributed by atoms with Crippen LogP contribution in [0.3, 0.4) is 0 Å². The van der Waals surface area contributed by atoms with Crippen molar-refractivity contribution in [3.63, 3.8) is 0 Å². The number of amides is 2. The Balaban J connectivity index is 1.69. The van der Waals surface area contributed by atoms with Crippen LogP contribution in [0.15, 0.2) is 71.6 Å². The molecule has 0 radical (unpaired) electrons. The van der Waals surface area contributed by atoms with Gasteiger partial charge in [0.15, 0.2) is 0 Å². The minimum Gasteiger partial charge on any atom is -0.352 e. The molecular formula is C34H43N3O4S. The summed E-state index contributed by atoms with van der Waals surface area (Å²) in [6.45, 7) is 9.15. The summed E-state index contributed by atoms with van der Waals surface area (Å²) in [5.41, 5.74) is 5.08. The maximum absolute atomic E-state index is 14.2. The first-order valence-corrected chi connectivity index (χ1v) is 16.2. The molecule has 42 heavy (non-hydrogen) atoms. The Morgan fingerprint density at radius 1 is 0.810 bits per heavy atom. The van der Waals surface area contributed by atoms with Gasteiger partial charge >= 0.3 is 0 Å². The van der Waals surface area contributed by atoms with Gasteiger partial charge in [-0.05, 0) is 88.4 Å². The first kappa shape index (κ1) is 31.3. The van der Waals surface area contributed by atoms with Gasteiger partial charge in [-0.25, -0.2) is 8.42 Å². The molecule has 0 aliphatic heterocycles. The van der Waals surface area contributed by atoms with Gasteiger partial charge in [0.2, 0.25) is 11.8 Å². The van der Waals surface area contributed by atoms with Crippen molar-refractivity contribution in [1.82, 2.24) is 10.2 Å². The van der Waals surface area contributed by atoms with E-state index < -0.39 is 28.5 Å². The van der Waals surface area contributed by atoms with Crippen molar-refractivity contribution >= 4 is 27.5 Å². The number of hydrogen-bond acceptors (Lipinski definition) is 4. The fraction of sp³-hybridized carbons (Fsp3) is 0.412. The third-order valence-corrected chi connectivity index (χ3v) is 9.76. The van der Waals surface area contributed by atoms with Crippen LogP contribution in [0.2, 0.25) is 0 Å². The summed E-state index contributed by atoms with van der Waals surface area (Å²) in [4.78, 5) is 29.2. The molecule has 0 bridgehead atoms. The molecule has 0 aromatic heterocycles. The highest BCUT2D eigenvalue weighted by molar-refractivity contribution is 7.92. The second-order valence-corrected chi connectivity index (χ2v) is 13.6. The molecule has 1 saturated carbocycles. The van der Waals surface area contributed by atoms with Crippen LogP contribution >= 0.6 is 0 Å². The molecule has 8 heteroatoms. The van der Waals surface area contributed by atoms with Crippen LogP contribution in [0.1, 0.15) is 66.8 Å². The van der Waals surface area contributed by atoms with Crippen molar-refractivity contribution in [3.8, 4) is 0 Å². The number of hydrogen-bond donors (Lipinski definition) is 1. The van der Waals surface area contributed by atoms with Crippen molar-refractivity contribution in [3.05, 3.63) is 94.5 Å². The number of carbonyl (C=O) groups excluding carboxylic acids is 2. The predicted octanol–water partition coefficient (Wildman–Crippen LogP) is 5.98. The van der Waals surface area contributed by atoms with Gasteiger partial charge in [-0.15, -0.1) is 0 Å². The first-order valence-electron chi connectivity index (χ1n) is 14.8. The summed E-state index contributed by atoms with van der Waals surface area (Å²) in [5, 5.41) is 3.15. The Labute approximate surface area is 251 Å². The van der Waals surface area contributed by atoms with Crippen molar-refractivity contribution in [2.75, 3.05) is 10.8 Å². The van der Waals surface area contributed by atoms with Gasteiger partial charge in [-0.3, -0.25) is 13.9 Å². The standard InChI is InChI=1S/C34H43N3O4S/c1-24-11-15-29(16-12-24)22-36(28(5)34(39)35-30-9-7-6-8-10-30)33(38)23-37(31-20-26(3)19-27(4)21-31)42(40,41)32-17-13-25(2)14-18-32/h11-21,28,30H,6-10,22-23H2,1-5H3,(H,35,39)/t28-/m0/s1. The van der Waals surface area contributed by atoms with Crippen molar-refractivity contribution in [2.24, 2.45) is 0 Å². The Morgan fingerprint density at radius 3 is 1.93 bits per heavy atom. The number of aryl methyl sites for hydroxylation is 4. The van der Waals surface area contributed by atoms with Gasteiger partial charge in [0.05, 0.1) is 10.6 Å². The van der Waals surface area contributed by atoms with Crippen molar-refractivity contribution < 1.29 is 18.0 Å². The minimum atomic E-state index is -4.09. The summed E-state index contributed by atoms with van der Waals surface area (Å²) < 4.78 is 29.3. The van der Waals surface area contributed by atoms with Crippen LogP contribution in [0.5, 0.6) is 0 Å². The lowest BCUT2D eigenvalue weighted by Crippen LogP contribution is -2.53. The van der Waals surface area contributed by atoms with E-state index in [9.17, 15) is 18.0 Å². The molecule has 1 aliphatic carbocycles. The molecule has 3 aromatic rings. The quantitative estimate of drug-likeness (QED) is 0.315. The zero-order valence-electron chi connectivity index (χ0n) is 25.4. The summed E-state index contributed by atoms with van der Waals surface area (Å²) in [5.74, 6) is -0.668. The maximum atomic E-state index is 14.2. The molecule has 4 rings (SSSR count). The van der Waals surface area contributed by atoms with Gasteiger partial charge < -0.3 is 10.2 Å². The first-order chi connectivity index (χ1) is 19.9. The fourth-order valence-electron chi connectivity index (χ4n) is 5.50. The molecule has 1 atom stereocenters. The largest absolute Gasteiger partial charge is 0.352 e. The second kappa shape index (κ2) is 13.6. The summed E-state index contributed by atoms with van der Waals surface area (Å²) in [7, 11) is -4.09. The van der Waals surface area contributed by atoms with E-state index in [0.717, 1.165) is 53.5 Å². The number of carbonyl (C=O) groups is 2. The van der Waals surface area contributed by atoms with E-state index in [4.69, 9.17) is 0 Å². The van der Waals surface area contributed by atoms with E-state index in [2.05, 4.69) is 5.32 Å². The topological polar surface area (TPSA) is 86.8 Å². The highest BCUT2D eigenvalue weighted by Crippen LogP contribution is 2.27. The van der Waals surface area contributed by atoms with Gasteiger partial charge in [0.25, 0.3) is 10.0 Å². The molecule has 0 spiro atoms. The van der Waals surface area contributed by atoms with E-state index in [1.54, 1.807) is 43.3 Å². The molecular weight excluding hydrogens is 546 g/mol. The van der Waals surface area contributed by atoms with Crippen LogP contribution in [0, 0.1) is 27.7 Å². The number of rotatable bonds is 10. The Hall–Kier alpha value is -3.65. The normalized spacial score (nSPS) is 14.7. The van der Waals surface area contributed by atoms with Gasteiger partial charge in [-0.2, -0.15) is 0 Å². The highest BCUT2D eigenvalue weighted by Gasteiger charge is 2.33. The van der Waals surface area contributed by atoms with Gasteiger partial charge in [0.1, 0.15) is 12.6 Å². The highest BCUT2D eigenvalue weighted by atomic mass is 32.2. The van der Waals surface area contributed by atoms with Crippen LogP contribution in [0.25, 0.3) is 0 Å². The Bertz CT molecular complexity index is 1470. The van der Waals surface area contributed by atoms with E-state index in [1.807, 2.05) is 58.0 Å². The minimum absolute atomic E-state index is 0.0960. The zero-order chi connectivity index (χ0) is 30.4. The number of sulfonamides is 1. The van der Waals surface area contributed by atoms with E-state index in [1.165, 1.54) is 15.6 Å². The van der Waals surface area contributed by atoms with Crippen LogP contribution < -0.4 is 9.62 Å². The van der Waals surface area contributed by atoms with E-state index in [-0.39, 0.29) is 23.4 Å². The van der Waals surface area contributed by atoms with Crippen LogP contribution in [-0.2, 0) is 26.2 Å². The number of anilines is 1. The molecule has 1 fully saturated rings. The fourth-order valence-corrected chi connectivity index (χ4v) is 6.90. The third kappa shape index (κ3) is 7.79. The number of nitrogens with one attached hydrogen (secondary N) is 1. The smallest absolute Gasteiger partial charge is 0.264 e. The SMILES string of the molecule is Cc1ccc(CN(C(=O)CN(c2cc(C)cc(C)c2)S(=O)(=O)c2ccc(C)cc2)[C@@H](C)C(=O)NC2CCCCC2)cc1. The number of nitrogens with zero attached hydrogens (tertiary/aromatic N) is 2. The molecule has 0 heterocycles. The molecule has 7 nitrogen and oxygen atoms in total. The molecule has 0 saturated heterocycles. The number of benzene rings is 3. The summed E-state index contributed by atoms with van der Waals surface area (Å²) >= 11 is 0. The monoisotopic (exact) mass is 589 g/mol. The van der Waals surface area contributed by atoms with Gasteiger partial charge in [0, 0.05) is 12.6 Å². The molecule has 2 amide bonds. The average Bonchev–Trinajstić information content (AvgIpc) is 2.95. The lowest BCUT2D eigenvalue weighted by Gasteiger charge is -2.33. The summed E-state index contributed by atoms with van der Waals surface area (Å²) in [6, 6.07) is 19.2. The lowest BCUT2D eigenvalue weighted by atomic mass is 9.95. The maximum Gasteiger partial charge on any atom is 0.264 e. The molecule has 1 aliphatic rings. The Kier molecular flexibility index (Phi) is 10.1.